The first-order valence-electron chi connectivity index (χ1n) is 23.4. The molecule has 5 aromatic rings. The fraction of sp³-hybridized carbons (Fsp3) is 0.438. The van der Waals surface area contributed by atoms with Crippen molar-refractivity contribution in [2.24, 2.45) is 5.41 Å². The SMILES string of the molecule is CCc1cc(Nc2ncc(Br)c([N+]3=S(C)(=O)Nc4c3ccc3nccnc43)n2)c(OC)cc1N1CCN(CC2(CN3CCN(c4ccc5c(c4)CN([C@H]4CCC(=O)NC4=O)C5=O)CC3)CC2)CC1. The molecule has 2 aromatic heterocycles. The molecule has 20 heteroatoms. The number of anilines is 5. The van der Waals surface area contributed by atoms with Crippen molar-refractivity contribution in [2.45, 2.75) is 51.6 Å². The van der Waals surface area contributed by atoms with E-state index in [1.165, 1.54) is 24.1 Å². The Bertz CT molecular complexity index is 3020. The lowest BCUT2D eigenvalue weighted by Gasteiger charge is -2.41. The molecule has 1 saturated carbocycles. The Balaban J connectivity index is 0.703. The van der Waals surface area contributed by atoms with E-state index < -0.39 is 16.0 Å². The van der Waals surface area contributed by atoms with Gasteiger partial charge in [-0.3, -0.25) is 49.5 Å². The number of aromatic nitrogens is 4. The average molecular weight is 1010 g/mol. The van der Waals surface area contributed by atoms with Crippen LogP contribution in [0.4, 0.5) is 40.2 Å². The van der Waals surface area contributed by atoms with Crippen molar-refractivity contribution in [3.63, 3.8) is 0 Å². The summed E-state index contributed by atoms with van der Waals surface area (Å²) in [6, 6.07) is 13.5. The number of hydrogen-bond acceptors (Lipinski definition) is 14. The lowest BCUT2D eigenvalue weighted by Crippen LogP contribution is -2.52. The quantitative estimate of drug-likeness (QED) is 0.109. The molecule has 2 atom stereocenters. The van der Waals surface area contributed by atoms with Crippen LogP contribution in [0.5, 0.6) is 5.75 Å². The van der Waals surface area contributed by atoms with Gasteiger partial charge in [-0.05, 0) is 94.6 Å². The minimum Gasteiger partial charge on any atom is -0.494 e. The van der Waals surface area contributed by atoms with Gasteiger partial charge in [-0.15, -0.1) is 3.95 Å². The van der Waals surface area contributed by atoms with E-state index in [1.807, 2.05) is 24.3 Å². The number of aryl methyl sites for hydroxylation is 1. The van der Waals surface area contributed by atoms with E-state index in [2.05, 4.69) is 91.0 Å². The maximum Gasteiger partial charge on any atom is 0.358 e. The molecule has 11 rings (SSSR count). The van der Waals surface area contributed by atoms with E-state index in [9.17, 15) is 18.6 Å². The molecule has 0 bridgehead atoms. The molecule has 3 saturated heterocycles. The largest absolute Gasteiger partial charge is 0.494 e. The van der Waals surface area contributed by atoms with Crippen molar-refractivity contribution >= 4 is 94.8 Å². The van der Waals surface area contributed by atoms with Gasteiger partial charge in [0, 0.05) is 119 Å². The molecule has 3 aromatic carbocycles. The summed E-state index contributed by atoms with van der Waals surface area (Å²) >= 11 is 3.62. The first-order chi connectivity index (χ1) is 32.9. The molecular weight excluding hydrogens is 951 g/mol. The topological polar surface area (TPSA) is 184 Å². The zero-order valence-corrected chi connectivity index (χ0v) is 40.9. The maximum atomic E-state index is 14.1. The predicted octanol–water partition coefficient (Wildman–Crippen LogP) is 5.26. The summed E-state index contributed by atoms with van der Waals surface area (Å²) in [5.74, 6) is 0.674. The number of methoxy groups -OCH3 is 1. The summed E-state index contributed by atoms with van der Waals surface area (Å²) in [4.78, 5) is 67.7. The summed E-state index contributed by atoms with van der Waals surface area (Å²) in [7, 11) is -1.14. The minimum atomic E-state index is -2.82. The van der Waals surface area contributed by atoms with E-state index >= 15 is 0 Å². The van der Waals surface area contributed by atoms with Gasteiger partial charge >= 0.3 is 11.8 Å². The third kappa shape index (κ3) is 8.27. The standard InChI is InChI=1S/C48H54BrN13O5S/c1-4-30-24-36(53-47-52-26-34(49)44(55-47)62-37-8-7-35-42(51-14-13-50-35)43(37)56-68(62,3)66)40(67-2)25-39(30)60-21-17-58(18-22-60)29-48(11-12-48)28-57-15-19-59(20-16-57)32-5-6-33-31(23-32)27-61(46(33)65)38-9-10-41(63)54-45(38)64/h5-8,13-14,23-26,38H,4,9-12,15-22,27-29H2,1-3H3,(H2,52,53,54,55,63,64)/p+1/t38-,68?/m0/s1. The summed E-state index contributed by atoms with van der Waals surface area (Å²) in [6.45, 7) is 12.5. The van der Waals surface area contributed by atoms with Gasteiger partial charge < -0.3 is 19.4 Å². The van der Waals surface area contributed by atoms with E-state index in [4.69, 9.17) is 9.72 Å². The Kier molecular flexibility index (Phi) is 11.5. The Morgan fingerprint density at radius 2 is 1.66 bits per heavy atom. The van der Waals surface area contributed by atoms with Gasteiger partial charge in [-0.25, -0.2) is 4.21 Å². The molecule has 6 aliphatic rings. The minimum absolute atomic E-state index is 0.134. The number of nitrogens with one attached hydrogen (secondary N) is 3. The van der Waals surface area contributed by atoms with Gasteiger partial charge in [-0.1, -0.05) is 6.92 Å². The molecule has 354 valence electrons. The van der Waals surface area contributed by atoms with E-state index in [-0.39, 0.29) is 24.1 Å². The Morgan fingerprint density at radius 1 is 0.926 bits per heavy atom. The molecule has 18 nitrogen and oxygen atoms in total. The van der Waals surface area contributed by atoms with Crippen molar-refractivity contribution in [3.05, 3.63) is 82.2 Å². The highest BCUT2D eigenvalue weighted by Crippen LogP contribution is 2.48. The van der Waals surface area contributed by atoms with E-state index in [0.717, 1.165) is 88.8 Å². The van der Waals surface area contributed by atoms with Gasteiger partial charge in [0.05, 0.1) is 30.8 Å². The zero-order chi connectivity index (χ0) is 46.9. The van der Waals surface area contributed by atoms with Crippen molar-refractivity contribution in [2.75, 3.05) is 98.7 Å². The lowest BCUT2D eigenvalue weighted by molar-refractivity contribution is -0.136. The van der Waals surface area contributed by atoms with Gasteiger partial charge in [0.15, 0.2) is 15.6 Å². The number of fused-ring (bicyclic) bond motifs is 4. The Morgan fingerprint density at radius 3 is 2.37 bits per heavy atom. The monoisotopic (exact) mass is 1000 g/mol. The number of piperazine rings is 2. The van der Waals surface area contributed by atoms with Gasteiger partial charge in [-0.2, -0.15) is 4.98 Å². The maximum absolute atomic E-state index is 14.1. The second kappa shape index (κ2) is 17.5. The molecule has 1 aliphatic carbocycles. The molecule has 0 spiro atoms. The molecule has 3 N–H and O–H groups in total. The number of ether oxygens (including phenoxy) is 1. The number of hydrogen-bond donors (Lipinski definition) is 3. The van der Waals surface area contributed by atoms with Crippen LogP contribution in [0.25, 0.3) is 11.0 Å². The molecule has 5 aliphatic heterocycles. The number of benzene rings is 3. The molecule has 0 radical (unpaired) electrons. The predicted molar refractivity (Wildman–Crippen MR) is 266 cm³/mol. The van der Waals surface area contributed by atoms with Crippen molar-refractivity contribution in [3.8, 4) is 5.75 Å². The first kappa shape index (κ1) is 44.5. The van der Waals surface area contributed by atoms with Gasteiger partial charge in [0.25, 0.3) is 5.91 Å². The van der Waals surface area contributed by atoms with E-state index in [0.29, 0.717) is 68.3 Å². The Labute approximate surface area is 403 Å². The molecule has 3 amide bonds. The van der Waals surface area contributed by atoms with Crippen molar-refractivity contribution in [1.29, 1.82) is 0 Å². The fourth-order valence-electron chi connectivity index (χ4n) is 10.7. The second-order valence-corrected chi connectivity index (χ2v) is 21.9. The molecule has 4 fully saturated rings. The van der Waals surface area contributed by atoms with Crippen LogP contribution in [0.2, 0.25) is 0 Å². The number of nitrogens with zero attached hydrogens (tertiary/aromatic N) is 10. The smallest absolute Gasteiger partial charge is 0.358 e. The van der Waals surface area contributed by atoms with Crippen LogP contribution in [0.1, 0.15) is 54.1 Å². The van der Waals surface area contributed by atoms with Gasteiger partial charge in [0.2, 0.25) is 11.8 Å². The molecule has 7 heterocycles. The zero-order valence-electron chi connectivity index (χ0n) is 38.5. The number of piperidine rings is 1. The van der Waals surface area contributed by atoms with Crippen LogP contribution < -0.4 is 33.8 Å². The average Bonchev–Trinajstić information content (AvgIpc) is 3.92. The highest BCUT2D eigenvalue weighted by molar-refractivity contribution is 9.10. The van der Waals surface area contributed by atoms with Crippen LogP contribution in [0, 0.1) is 5.41 Å². The summed E-state index contributed by atoms with van der Waals surface area (Å²) in [5, 5.41) is 5.80. The van der Waals surface area contributed by atoms with Gasteiger partial charge in [0.1, 0.15) is 27.5 Å². The van der Waals surface area contributed by atoms with Crippen LogP contribution in [-0.4, -0.2) is 141 Å². The highest BCUT2D eigenvalue weighted by atomic mass is 79.9. The van der Waals surface area contributed by atoms with Crippen molar-refractivity contribution < 1.29 is 23.3 Å². The summed E-state index contributed by atoms with van der Waals surface area (Å²) in [6.07, 6.45) is 10.5. The van der Waals surface area contributed by atoms with Crippen LogP contribution in [0.15, 0.2) is 65.5 Å². The summed E-state index contributed by atoms with van der Waals surface area (Å²) < 4.78 is 25.6. The lowest BCUT2D eigenvalue weighted by atomic mass is 10.0. The second-order valence-electron chi connectivity index (χ2n) is 18.9. The Hall–Kier alpha value is -5.96. The number of carbonyl (C=O) groups excluding carboxylic acids is 3. The number of carbonyl (C=O) groups is 3. The molecule has 68 heavy (non-hydrogen) atoms. The fourth-order valence-corrected chi connectivity index (χ4v) is 12.9. The van der Waals surface area contributed by atoms with E-state index in [1.54, 1.807) is 40.8 Å². The normalized spacial score (nSPS) is 22.6. The third-order valence-corrected chi connectivity index (χ3v) is 16.7. The number of amides is 3. The summed E-state index contributed by atoms with van der Waals surface area (Å²) in [5.41, 5.74) is 8.84. The van der Waals surface area contributed by atoms with Crippen LogP contribution >= 0.6 is 15.9 Å². The number of imide groups is 1. The number of rotatable bonds is 12. The molecule has 1 unspecified atom stereocenters. The van der Waals surface area contributed by atoms with Crippen LogP contribution in [0.3, 0.4) is 0 Å². The third-order valence-electron chi connectivity index (χ3n) is 14.5. The highest BCUT2D eigenvalue weighted by Gasteiger charge is 2.46. The first-order valence-corrected chi connectivity index (χ1v) is 26.1. The van der Waals surface area contributed by atoms with Crippen molar-refractivity contribution in [1.82, 2.24) is 43.9 Å². The van der Waals surface area contributed by atoms with Crippen LogP contribution in [-0.2, 0) is 32.5 Å². The molecular formula is C48H55BrN13O5S+. The number of halogens is 1.